The maximum absolute atomic E-state index is 11.7. The van der Waals surface area contributed by atoms with E-state index in [0.29, 0.717) is 12.0 Å². The predicted octanol–water partition coefficient (Wildman–Crippen LogP) is 4.23. The summed E-state index contributed by atoms with van der Waals surface area (Å²) in [4.78, 5) is -1.08. The van der Waals surface area contributed by atoms with Gasteiger partial charge in [-0.3, -0.25) is 9.11 Å². The number of rotatable bonds is 4. The first kappa shape index (κ1) is 24.1. The lowest BCUT2D eigenvalue weighted by molar-refractivity contribution is -0.286. The first-order valence-electron chi connectivity index (χ1n) is 11.5. The summed E-state index contributed by atoms with van der Waals surface area (Å²) < 4.78 is 65.9. The van der Waals surface area contributed by atoms with Crippen LogP contribution in [0.2, 0.25) is 0 Å². The molecule has 3 aliphatic rings. The summed E-state index contributed by atoms with van der Waals surface area (Å²) in [7, 11) is -9.27. The maximum Gasteiger partial charge on any atom is 0.294 e. The van der Waals surface area contributed by atoms with Crippen LogP contribution in [0.4, 0.5) is 0 Å². The minimum atomic E-state index is -4.64. The van der Waals surface area contributed by atoms with E-state index < -0.39 is 30.0 Å². The molecule has 8 nitrogen and oxygen atoms in total. The van der Waals surface area contributed by atoms with Crippen LogP contribution in [0, 0.1) is 5.92 Å². The van der Waals surface area contributed by atoms with Gasteiger partial charge in [0.25, 0.3) is 20.2 Å². The predicted molar refractivity (Wildman–Crippen MR) is 118 cm³/mol. The zero-order chi connectivity index (χ0) is 23.2. The highest BCUT2D eigenvalue weighted by Crippen LogP contribution is 2.52. The van der Waals surface area contributed by atoms with E-state index in [9.17, 15) is 31.1 Å². The van der Waals surface area contributed by atoms with Gasteiger partial charge in [0.1, 0.15) is 0 Å². The van der Waals surface area contributed by atoms with Crippen molar-refractivity contribution in [3.05, 3.63) is 23.8 Å². The molecule has 0 atom stereocenters. The summed E-state index contributed by atoms with van der Waals surface area (Å²) in [6.07, 6.45) is 12.2. The van der Waals surface area contributed by atoms with Crippen molar-refractivity contribution in [1.29, 1.82) is 0 Å². The minimum absolute atomic E-state index is 0.125. The molecule has 1 aromatic rings. The molecule has 0 aromatic heterocycles. The van der Waals surface area contributed by atoms with Gasteiger partial charge >= 0.3 is 0 Å². The van der Waals surface area contributed by atoms with Crippen molar-refractivity contribution in [2.75, 3.05) is 0 Å². The highest BCUT2D eigenvalue weighted by atomic mass is 32.2. The molecule has 1 saturated heterocycles. The van der Waals surface area contributed by atoms with Gasteiger partial charge in [0.15, 0.2) is 0 Å². The SMILES string of the molecule is O=S(=O)(O)c1cc(CC2CC3(CCCCC3)N(O)C3(CCCCC3)C2)cc(S(=O)(=O)O)c1. The second-order valence-corrected chi connectivity index (χ2v) is 13.0. The Morgan fingerprint density at radius 2 is 1.16 bits per heavy atom. The van der Waals surface area contributed by atoms with Gasteiger partial charge in [-0.05, 0) is 74.6 Å². The summed E-state index contributed by atoms with van der Waals surface area (Å²) in [5.41, 5.74) is -0.156. The molecule has 10 heteroatoms. The van der Waals surface area contributed by atoms with Gasteiger partial charge in [0, 0.05) is 11.1 Å². The van der Waals surface area contributed by atoms with E-state index in [4.69, 9.17) is 0 Å². The third-order valence-corrected chi connectivity index (χ3v) is 9.53. The van der Waals surface area contributed by atoms with Gasteiger partial charge in [-0.25, -0.2) is 0 Å². The molecular weight excluding hydrogens is 454 g/mol. The van der Waals surface area contributed by atoms with E-state index in [0.717, 1.165) is 83.1 Å². The fraction of sp³-hybridized carbons (Fsp3) is 0.727. The normalized spacial score (nSPS) is 26.4. The Balaban J connectivity index is 1.70. The molecule has 1 aliphatic heterocycles. The van der Waals surface area contributed by atoms with Crippen LogP contribution in [0.15, 0.2) is 28.0 Å². The van der Waals surface area contributed by atoms with Crippen molar-refractivity contribution in [1.82, 2.24) is 5.06 Å². The number of nitrogens with zero attached hydrogens (tertiary/aromatic N) is 1. The number of hydrogen-bond acceptors (Lipinski definition) is 6. The lowest BCUT2D eigenvalue weighted by Gasteiger charge is -2.59. The fourth-order valence-electron chi connectivity index (χ4n) is 6.60. The van der Waals surface area contributed by atoms with Gasteiger partial charge in [-0.2, -0.15) is 21.9 Å². The van der Waals surface area contributed by atoms with Gasteiger partial charge in [-0.1, -0.05) is 38.5 Å². The second-order valence-electron chi connectivity index (χ2n) is 10.1. The quantitative estimate of drug-likeness (QED) is 0.538. The first-order valence-corrected chi connectivity index (χ1v) is 14.4. The topological polar surface area (TPSA) is 132 Å². The molecule has 4 rings (SSSR count). The van der Waals surface area contributed by atoms with E-state index in [1.165, 1.54) is 12.1 Å². The van der Waals surface area contributed by atoms with Crippen molar-refractivity contribution >= 4 is 20.2 Å². The Kier molecular flexibility index (Phi) is 6.50. The monoisotopic (exact) mass is 487 g/mol. The van der Waals surface area contributed by atoms with Crippen LogP contribution < -0.4 is 0 Å². The molecule has 0 bridgehead atoms. The Morgan fingerprint density at radius 3 is 1.53 bits per heavy atom. The molecule has 3 N–H and O–H groups in total. The molecule has 180 valence electrons. The highest BCUT2D eigenvalue weighted by Gasteiger charge is 2.54. The number of hydrogen-bond donors (Lipinski definition) is 3. The van der Waals surface area contributed by atoms with E-state index in [2.05, 4.69) is 0 Å². The Labute approximate surface area is 190 Å². The van der Waals surface area contributed by atoms with Crippen LogP contribution in [-0.4, -0.2) is 47.3 Å². The fourth-order valence-corrected chi connectivity index (χ4v) is 7.83. The second kappa shape index (κ2) is 8.63. The third kappa shape index (κ3) is 4.76. The molecular formula is C22H33NO7S2. The van der Waals surface area contributed by atoms with Gasteiger partial charge in [0.05, 0.1) is 9.79 Å². The molecule has 2 saturated carbocycles. The van der Waals surface area contributed by atoms with E-state index >= 15 is 0 Å². The van der Waals surface area contributed by atoms with Crippen LogP contribution in [0.25, 0.3) is 0 Å². The molecule has 3 fully saturated rings. The first-order chi connectivity index (χ1) is 14.9. The Bertz CT molecular complexity index is 978. The molecule has 2 aliphatic carbocycles. The van der Waals surface area contributed by atoms with Crippen LogP contribution in [0.5, 0.6) is 0 Å². The summed E-state index contributed by atoms with van der Waals surface area (Å²) in [6.45, 7) is 0. The number of piperidine rings is 1. The molecule has 32 heavy (non-hydrogen) atoms. The van der Waals surface area contributed by atoms with Gasteiger partial charge < -0.3 is 5.21 Å². The Morgan fingerprint density at radius 1 is 0.750 bits per heavy atom. The minimum Gasteiger partial charge on any atom is -0.313 e. The molecule has 0 amide bonds. The lowest BCUT2D eigenvalue weighted by atomic mass is 9.62. The largest absolute Gasteiger partial charge is 0.313 e. The zero-order valence-electron chi connectivity index (χ0n) is 18.2. The van der Waals surface area contributed by atoms with E-state index in [1.807, 2.05) is 0 Å². The molecule has 0 unspecified atom stereocenters. The molecule has 0 radical (unpaired) electrons. The highest BCUT2D eigenvalue weighted by molar-refractivity contribution is 7.86. The zero-order valence-corrected chi connectivity index (χ0v) is 19.9. The molecule has 1 aromatic carbocycles. The van der Waals surface area contributed by atoms with Crippen LogP contribution in [0.1, 0.15) is 82.6 Å². The van der Waals surface area contributed by atoms with Crippen LogP contribution in [0.3, 0.4) is 0 Å². The van der Waals surface area contributed by atoms with Crippen molar-refractivity contribution in [2.45, 2.75) is 104 Å². The third-order valence-electron chi connectivity index (χ3n) is 7.86. The Hall–Kier alpha value is -1.04. The van der Waals surface area contributed by atoms with Crippen molar-refractivity contribution in [3.8, 4) is 0 Å². The van der Waals surface area contributed by atoms with Crippen LogP contribution >= 0.6 is 0 Å². The standard InChI is InChI=1S/C22H33NO7S2/c24-23-21(7-3-1-4-8-21)15-18(16-22(23)9-5-2-6-10-22)11-17-12-19(31(25,26)27)14-20(13-17)32(28,29)30/h12-14,18,24H,1-11,15-16H2,(H,25,26,27)(H,28,29,30). The smallest absolute Gasteiger partial charge is 0.294 e. The van der Waals surface area contributed by atoms with Crippen molar-refractivity contribution < 1.29 is 31.1 Å². The van der Waals surface area contributed by atoms with Gasteiger partial charge in [0.2, 0.25) is 0 Å². The van der Waals surface area contributed by atoms with Crippen molar-refractivity contribution in [3.63, 3.8) is 0 Å². The average Bonchev–Trinajstić information content (AvgIpc) is 2.72. The number of hydroxylamine groups is 2. The lowest BCUT2D eigenvalue weighted by Crippen LogP contribution is -2.65. The average molecular weight is 488 g/mol. The number of benzene rings is 1. The molecule has 1 heterocycles. The summed E-state index contributed by atoms with van der Waals surface area (Å²) in [5, 5.41) is 13.2. The summed E-state index contributed by atoms with van der Waals surface area (Å²) >= 11 is 0. The van der Waals surface area contributed by atoms with E-state index in [1.54, 1.807) is 5.06 Å². The van der Waals surface area contributed by atoms with Crippen molar-refractivity contribution in [2.24, 2.45) is 5.92 Å². The molecule has 2 spiro atoms. The summed E-state index contributed by atoms with van der Waals surface area (Å²) in [6, 6.07) is 3.35. The summed E-state index contributed by atoms with van der Waals surface area (Å²) in [5.74, 6) is 0.125. The van der Waals surface area contributed by atoms with E-state index in [-0.39, 0.29) is 17.0 Å². The maximum atomic E-state index is 11.7. The van der Waals surface area contributed by atoms with Gasteiger partial charge in [-0.15, -0.1) is 0 Å². The van der Waals surface area contributed by atoms with Crippen LogP contribution in [-0.2, 0) is 26.7 Å².